The molecule has 0 saturated heterocycles. The second kappa shape index (κ2) is 8.00. The molecular weight excluding hydrogens is 248 g/mol. The molecule has 4 nitrogen and oxygen atoms in total. The highest BCUT2D eigenvalue weighted by atomic mass is 32.2. The topological polar surface area (TPSA) is 64.3 Å². The molecular formula is C13H20N2O2S. The van der Waals surface area contributed by atoms with Crippen LogP contribution in [0.1, 0.15) is 13.3 Å². The highest BCUT2D eigenvalue weighted by molar-refractivity contribution is 8.00. The number of nitrogens with two attached hydrogens (primary N) is 1. The molecule has 1 amide bonds. The molecule has 3 N–H and O–H groups in total. The van der Waals surface area contributed by atoms with Crippen LogP contribution in [0, 0.1) is 0 Å². The summed E-state index contributed by atoms with van der Waals surface area (Å²) in [6.07, 6.45) is 0.936. The highest BCUT2D eigenvalue weighted by Crippen LogP contribution is 2.27. The maximum Gasteiger partial charge on any atom is 0.227 e. The Morgan fingerprint density at radius 3 is 2.89 bits per heavy atom. The largest absolute Gasteiger partial charge is 0.385 e. The van der Waals surface area contributed by atoms with Crippen LogP contribution in [0.2, 0.25) is 0 Å². The molecule has 0 saturated carbocycles. The van der Waals surface area contributed by atoms with E-state index in [1.54, 1.807) is 7.11 Å². The second-order valence-corrected chi connectivity index (χ2v) is 5.10. The molecule has 0 aromatic heterocycles. The fraction of sp³-hybridized carbons (Fsp3) is 0.462. The van der Waals surface area contributed by atoms with Crippen LogP contribution in [0.3, 0.4) is 0 Å². The predicted molar refractivity (Wildman–Crippen MR) is 75.9 cm³/mol. The molecule has 1 rings (SSSR count). The van der Waals surface area contributed by atoms with Gasteiger partial charge in [0, 0.05) is 30.3 Å². The third kappa shape index (κ3) is 5.42. The SMILES string of the molecule is COCCC(C)Nc1ccccc1SCC(N)=O. The standard InChI is InChI=1S/C13H20N2O2S/c1-10(7-8-17-2)15-11-5-3-4-6-12(11)18-9-13(14)16/h3-6,10,15H,7-9H2,1-2H3,(H2,14,16). The Bertz CT molecular complexity index is 385. The van der Waals surface area contributed by atoms with Gasteiger partial charge < -0.3 is 15.8 Å². The van der Waals surface area contributed by atoms with Gasteiger partial charge in [-0.3, -0.25) is 4.79 Å². The number of nitrogens with one attached hydrogen (secondary N) is 1. The number of ether oxygens (including phenoxy) is 1. The smallest absolute Gasteiger partial charge is 0.227 e. The van der Waals surface area contributed by atoms with Crippen molar-refractivity contribution in [1.29, 1.82) is 0 Å². The Kier molecular flexibility index (Phi) is 6.60. The van der Waals surface area contributed by atoms with E-state index in [0.717, 1.165) is 23.6 Å². The first-order valence-corrected chi connectivity index (χ1v) is 6.87. The summed E-state index contributed by atoms with van der Waals surface area (Å²) in [5.41, 5.74) is 6.20. The summed E-state index contributed by atoms with van der Waals surface area (Å²) in [5.74, 6) is -0.00672. The number of carbonyl (C=O) groups excluding carboxylic acids is 1. The van der Waals surface area contributed by atoms with E-state index in [0.29, 0.717) is 11.8 Å². The fourth-order valence-corrected chi connectivity index (χ4v) is 2.25. The minimum absolute atomic E-state index is 0.297. The summed E-state index contributed by atoms with van der Waals surface area (Å²) in [7, 11) is 1.70. The van der Waals surface area contributed by atoms with Crippen LogP contribution in [-0.4, -0.2) is 31.4 Å². The Balaban J connectivity index is 2.60. The van der Waals surface area contributed by atoms with Gasteiger partial charge in [0.05, 0.1) is 5.75 Å². The molecule has 0 aliphatic rings. The molecule has 1 aromatic rings. The molecule has 5 heteroatoms. The molecule has 0 heterocycles. The number of benzene rings is 1. The first kappa shape index (κ1) is 14.9. The number of anilines is 1. The Morgan fingerprint density at radius 2 is 2.22 bits per heavy atom. The molecule has 18 heavy (non-hydrogen) atoms. The van der Waals surface area contributed by atoms with Crippen molar-refractivity contribution >= 4 is 23.4 Å². The van der Waals surface area contributed by atoms with Gasteiger partial charge in [0.15, 0.2) is 0 Å². The average molecular weight is 268 g/mol. The van der Waals surface area contributed by atoms with E-state index in [4.69, 9.17) is 10.5 Å². The quantitative estimate of drug-likeness (QED) is 0.709. The molecule has 1 atom stereocenters. The van der Waals surface area contributed by atoms with E-state index in [2.05, 4.69) is 12.2 Å². The van der Waals surface area contributed by atoms with E-state index in [1.807, 2.05) is 24.3 Å². The average Bonchev–Trinajstić information content (AvgIpc) is 2.35. The minimum atomic E-state index is -0.303. The number of para-hydroxylation sites is 1. The summed E-state index contributed by atoms with van der Waals surface area (Å²) in [5, 5.41) is 3.42. The van der Waals surface area contributed by atoms with Crippen LogP contribution >= 0.6 is 11.8 Å². The molecule has 0 bridgehead atoms. The molecule has 0 fully saturated rings. The minimum Gasteiger partial charge on any atom is -0.385 e. The van der Waals surface area contributed by atoms with Crippen LogP contribution in [-0.2, 0) is 9.53 Å². The van der Waals surface area contributed by atoms with Crippen LogP contribution in [0.4, 0.5) is 5.69 Å². The van der Waals surface area contributed by atoms with Crippen LogP contribution in [0.25, 0.3) is 0 Å². The van der Waals surface area contributed by atoms with Gasteiger partial charge in [-0.1, -0.05) is 12.1 Å². The molecule has 0 radical (unpaired) electrons. The fourth-order valence-electron chi connectivity index (χ4n) is 1.49. The second-order valence-electron chi connectivity index (χ2n) is 4.08. The number of primary amides is 1. The zero-order valence-electron chi connectivity index (χ0n) is 10.8. The van der Waals surface area contributed by atoms with Gasteiger partial charge in [0.25, 0.3) is 0 Å². The van der Waals surface area contributed by atoms with Crippen molar-refractivity contribution in [2.75, 3.05) is 24.8 Å². The van der Waals surface area contributed by atoms with E-state index in [9.17, 15) is 4.79 Å². The Labute approximate surface area is 112 Å². The first-order valence-electron chi connectivity index (χ1n) is 5.89. The summed E-state index contributed by atoms with van der Waals surface area (Å²) >= 11 is 1.45. The summed E-state index contributed by atoms with van der Waals surface area (Å²) in [4.78, 5) is 11.9. The third-order valence-electron chi connectivity index (χ3n) is 2.41. The molecule has 100 valence electrons. The number of hydrogen-bond acceptors (Lipinski definition) is 4. The van der Waals surface area contributed by atoms with Crippen molar-refractivity contribution in [2.45, 2.75) is 24.3 Å². The van der Waals surface area contributed by atoms with E-state index >= 15 is 0 Å². The lowest BCUT2D eigenvalue weighted by Gasteiger charge is -2.17. The summed E-state index contributed by atoms with van der Waals surface area (Å²) in [6.45, 7) is 2.83. The van der Waals surface area contributed by atoms with Crippen molar-refractivity contribution in [1.82, 2.24) is 0 Å². The first-order chi connectivity index (χ1) is 8.63. The zero-order valence-corrected chi connectivity index (χ0v) is 11.6. The van der Waals surface area contributed by atoms with Crippen LogP contribution in [0.5, 0.6) is 0 Å². The monoisotopic (exact) mass is 268 g/mol. The van der Waals surface area contributed by atoms with Crippen molar-refractivity contribution in [2.24, 2.45) is 5.73 Å². The normalized spacial score (nSPS) is 12.1. The Morgan fingerprint density at radius 1 is 1.50 bits per heavy atom. The lowest BCUT2D eigenvalue weighted by Crippen LogP contribution is -2.18. The highest BCUT2D eigenvalue weighted by Gasteiger charge is 2.07. The van der Waals surface area contributed by atoms with Crippen molar-refractivity contribution in [3.05, 3.63) is 24.3 Å². The third-order valence-corrected chi connectivity index (χ3v) is 3.51. The van der Waals surface area contributed by atoms with Gasteiger partial charge in [-0.2, -0.15) is 0 Å². The zero-order chi connectivity index (χ0) is 13.4. The van der Waals surface area contributed by atoms with Crippen molar-refractivity contribution < 1.29 is 9.53 Å². The van der Waals surface area contributed by atoms with Gasteiger partial charge in [-0.15, -0.1) is 11.8 Å². The molecule has 1 unspecified atom stereocenters. The van der Waals surface area contributed by atoms with Crippen LogP contribution < -0.4 is 11.1 Å². The van der Waals surface area contributed by atoms with Gasteiger partial charge in [-0.05, 0) is 25.5 Å². The summed E-state index contributed by atoms with van der Waals surface area (Å²) < 4.78 is 5.05. The van der Waals surface area contributed by atoms with E-state index in [1.165, 1.54) is 11.8 Å². The molecule has 1 aromatic carbocycles. The maximum absolute atomic E-state index is 10.8. The number of carbonyl (C=O) groups is 1. The van der Waals surface area contributed by atoms with Crippen LogP contribution in [0.15, 0.2) is 29.2 Å². The summed E-state index contributed by atoms with van der Waals surface area (Å²) in [6, 6.07) is 8.24. The van der Waals surface area contributed by atoms with E-state index < -0.39 is 0 Å². The number of methoxy groups -OCH3 is 1. The molecule has 0 spiro atoms. The van der Waals surface area contributed by atoms with Gasteiger partial charge >= 0.3 is 0 Å². The number of thioether (sulfide) groups is 1. The predicted octanol–water partition coefficient (Wildman–Crippen LogP) is 2.10. The van der Waals surface area contributed by atoms with Gasteiger partial charge in [0.2, 0.25) is 5.91 Å². The maximum atomic E-state index is 10.8. The lowest BCUT2D eigenvalue weighted by molar-refractivity contribution is -0.115. The number of hydrogen-bond donors (Lipinski definition) is 2. The lowest BCUT2D eigenvalue weighted by atomic mass is 10.2. The Hall–Kier alpha value is -1.20. The van der Waals surface area contributed by atoms with Gasteiger partial charge in [-0.25, -0.2) is 0 Å². The number of amides is 1. The van der Waals surface area contributed by atoms with Crippen molar-refractivity contribution in [3.8, 4) is 0 Å². The van der Waals surface area contributed by atoms with E-state index in [-0.39, 0.29) is 5.91 Å². The van der Waals surface area contributed by atoms with Crippen molar-refractivity contribution in [3.63, 3.8) is 0 Å². The number of rotatable bonds is 8. The molecule has 0 aliphatic heterocycles. The van der Waals surface area contributed by atoms with Gasteiger partial charge in [0.1, 0.15) is 0 Å². The molecule has 0 aliphatic carbocycles.